The maximum absolute atomic E-state index is 10.6. The predicted molar refractivity (Wildman–Crippen MR) is 71.3 cm³/mol. The van der Waals surface area contributed by atoms with Crippen molar-refractivity contribution in [1.82, 2.24) is 0 Å². The molecule has 0 heterocycles. The molecule has 19 heavy (non-hydrogen) atoms. The Bertz CT molecular complexity index is 413. The van der Waals surface area contributed by atoms with Crippen LogP contribution in [-0.2, 0) is 11.2 Å². The number of aliphatic hydroxyl groups is 1. The summed E-state index contributed by atoms with van der Waals surface area (Å²) in [6.07, 6.45) is 4.42. The van der Waals surface area contributed by atoms with Gasteiger partial charge in [0.25, 0.3) is 0 Å². The normalized spacial score (nSPS) is 23.6. The van der Waals surface area contributed by atoms with E-state index in [0.717, 1.165) is 37.7 Å². The summed E-state index contributed by atoms with van der Waals surface area (Å²) in [7, 11) is 0. The molecule has 0 bridgehead atoms. The molecule has 1 aromatic carbocycles. The van der Waals surface area contributed by atoms with Gasteiger partial charge in [0.15, 0.2) is 0 Å². The highest BCUT2D eigenvalue weighted by atomic mass is 16.5. The van der Waals surface area contributed by atoms with Crippen molar-refractivity contribution >= 4 is 5.97 Å². The number of carbonyl (C=O) groups is 1. The molecule has 1 saturated carbocycles. The van der Waals surface area contributed by atoms with Gasteiger partial charge in [-0.05, 0) is 37.0 Å². The zero-order valence-electron chi connectivity index (χ0n) is 10.9. The summed E-state index contributed by atoms with van der Waals surface area (Å²) in [5.74, 6) is -0.145. The van der Waals surface area contributed by atoms with Crippen molar-refractivity contribution < 1.29 is 19.7 Å². The molecule has 1 aliphatic carbocycles. The lowest BCUT2D eigenvalue weighted by Gasteiger charge is -2.22. The summed E-state index contributed by atoms with van der Waals surface area (Å²) < 4.78 is 5.81. The molecule has 0 amide bonds. The molecule has 1 aromatic rings. The summed E-state index contributed by atoms with van der Waals surface area (Å²) in [5.41, 5.74) is 0.751. The van der Waals surface area contributed by atoms with Crippen molar-refractivity contribution in [2.45, 2.75) is 50.7 Å². The Kier molecular flexibility index (Phi) is 4.80. The van der Waals surface area contributed by atoms with E-state index in [1.807, 2.05) is 0 Å². The fourth-order valence-corrected chi connectivity index (χ4v) is 2.43. The average Bonchev–Trinajstić information content (AvgIpc) is 2.57. The second-order valence-corrected chi connectivity index (χ2v) is 5.08. The quantitative estimate of drug-likeness (QED) is 0.819. The van der Waals surface area contributed by atoms with Crippen LogP contribution in [0.3, 0.4) is 0 Å². The molecule has 4 nitrogen and oxygen atoms in total. The lowest BCUT2D eigenvalue weighted by Crippen LogP contribution is -2.30. The highest BCUT2D eigenvalue weighted by molar-refractivity contribution is 5.70. The lowest BCUT2D eigenvalue weighted by atomic mass is 10.1. The third kappa shape index (κ3) is 4.24. The van der Waals surface area contributed by atoms with Gasteiger partial charge in [-0.25, -0.2) is 0 Å². The van der Waals surface area contributed by atoms with Gasteiger partial charge < -0.3 is 14.9 Å². The Morgan fingerprint density at radius 3 is 2.53 bits per heavy atom. The Morgan fingerprint density at radius 2 is 1.84 bits per heavy atom. The number of rotatable bonds is 4. The van der Waals surface area contributed by atoms with Crippen LogP contribution in [0.15, 0.2) is 24.3 Å². The van der Waals surface area contributed by atoms with Gasteiger partial charge in [-0.2, -0.15) is 0 Å². The maximum atomic E-state index is 10.6. The molecule has 0 aromatic heterocycles. The van der Waals surface area contributed by atoms with E-state index in [1.165, 1.54) is 0 Å². The van der Waals surface area contributed by atoms with Gasteiger partial charge in [0, 0.05) is 0 Å². The van der Waals surface area contributed by atoms with Crippen LogP contribution in [0.2, 0.25) is 0 Å². The Balaban J connectivity index is 1.96. The van der Waals surface area contributed by atoms with Crippen molar-refractivity contribution in [1.29, 1.82) is 0 Å². The van der Waals surface area contributed by atoms with E-state index >= 15 is 0 Å². The molecule has 1 aliphatic rings. The van der Waals surface area contributed by atoms with Crippen molar-refractivity contribution in [2.75, 3.05) is 0 Å². The van der Waals surface area contributed by atoms with Crippen molar-refractivity contribution in [3.63, 3.8) is 0 Å². The Hall–Kier alpha value is -1.55. The predicted octanol–water partition coefficient (Wildman–Crippen LogP) is 2.39. The van der Waals surface area contributed by atoms with Gasteiger partial charge in [-0.3, -0.25) is 4.79 Å². The molecule has 2 N–H and O–H groups in total. The zero-order valence-corrected chi connectivity index (χ0v) is 10.9. The van der Waals surface area contributed by atoms with Crippen LogP contribution in [0.1, 0.15) is 37.7 Å². The van der Waals surface area contributed by atoms with E-state index in [1.54, 1.807) is 24.3 Å². The molecule has 0 aliphatic heterocycles. The molecule has 0 spiro atoms. The fourth-order valence-electron chi connectivity index (χ4n) is 2.43. The van der Waals surface area contributed by atoms with Gasteiger partial charge in [-0.15, -0.1) is 0 Å². The lowest BCUT2D eigenvalue weighted by molar-refractivity contribution is -0.136. The first-order valence-corrected chi connectivity index (χ1v) is 6.80. The van der Waals surface area contributed by atoms with E-state index in [-0.39, 0.29) is 12.5 Å². The van der Waals surface area contributed by atoms with Gasteiger partial charge in [0.2, 0.25) is 0 Å². The smallest absolute Gasteiger partial charge is 0.307 e. The van der Waals surface area contributed by atoms with E-state index < -0.39 is 12.1 Å². The van der Waals surface area contributed by atoms with E-state index in [4.69, 9.17) is 9.84 Å². The summed E-state index contributed by atoms with van der Waals surface area (Å²) in [6.45, 7) is 0. The first-order valence-electron chi connectivity index (χ1n) is 6.80. The minimum Gasteiger partial charge on any atom is -0.488 e. The van der Waals surface area contributed by atoms with Crippen LogP contribution in [0.5, 0.6) is 5.75 Å². The molecule has 4 heteroatoms. The molecule has 2 atom stereocenters. The number of carboxylic acids is 1. The van der Waals surface area contributed by atoms with Crippen molar-refractivity contribution in [2.24, 2.45) is 0 Å². The Morgan fingerprint density at radius 1 is 1.16 bits per heavy atom. The molecule has 2 rings (SSSR count). The van der Waals surface area contributed by atoms with Gasteiger partial charge >= 0.3 is 5.97 Å². The summed E-state index contributed by atoms with van der Waals surface area (Å²) >= 11 is 0. The van der Waals surface area contributed by atoms with Crippen molar-refractivity contribution in [3.05, 3.63) is 29.8 Å². The SMILES string of the molecule is O=C(O)Cc1ccc(OC2CCCCCC2O)cc1. The number of hydrogen-bond acceptors (Lipinski definition) is 3. The molecular weight excluding hydrogens is 244 g/mol. The summed E-state index contributed by atoms with van der Waals surface area (Å²) in [4.78, 5) is 10.6. The van der Waals surface area contributed by atoms with Gasteiger partial charge in [0.1, 0.15) is 11.9 Å². The van der Waals surface area contributed by atoms with Crippen molar-refractivity contribution in [3.8, 4) is 5.75 Å². The second kappa shape index (κ2) is 6.57. The first kappa shape index (κ1) is 13.9. The standard InChI is InChI=1S/C15H20O4/c16-13-4-2-1-3-5-14(13)19-12-8-6-11(7-9-12)10-15(17)18/h6-9,13-14,16H,1-5,10H2,(H,17,18). The highest BCUT2D eigenvalue weighted by Gasteiger charge is 2.23. The number of ether oxygens (including phenoxy) is 1. The van der Waals surface area contributed by atoms with Crippen LogP contribution in [0.4, 0.5) is 0 Å². The Labute approximate surface area is 113 Å². The first-order chi connectivity index (χ1) is 9.15. The minimum atomic E-state index is -0.840. The number of benzene rings is 1. The largest absolute Gasteiger partial charge is 0.488 e. The van der Waals surface area contributed by atoms with Gasteiger partial charge in [-0.1, -0.05) is 25.0 Å². The van der Waals surface area contributed by atoms with E-state index in [9.17, 15) is 9.90 Å². The van der Waals surface area contributed by atoms with Crippen LogP contribution in [-0.4, -0.2) is 28.4 Å². The van der Waals surface area contributed by atoms with Crippen LogP contribution in [0, 0.1) is 0 Å². The third-order valence-corrected chi connectivity index (χ3v) is 3.48. The summed E-state index contributed by atoms with van der Waals surface area (Å²) in [6, 6.07) is 7.06. The molecule has 0 saturated heterocycles. The summed E-state index contributed by atoms with van der Waals surface area (Å²) in [5, 5.41) is 18.7. The molecular formula is C15H20O4. The monoisotopic (exact) mass is 264 g/mol. The van der Waals surface area contributed by atoms with Gasteiger partial charge in [0.05, 0.1) is 12.5 Å². The molecule has 104 valence electrons. The fraction of sp³-hybridized carbons (Fsp3) is 0.533. The second-order valence-electron chi connectivity index (χ2n) is 5.08. The van der Waals surface area contributed by atoms with E-state index in [2.05, 4.69) is 0 Å². The third-order valence-electron chi connectivity index (χ3n) is 3.48. The number of hydrogen-bond donors (Lipinski definition) is 2. The zero-order chi connectivity index (χ0) is 13.7. The van der Waals surface area contributed by atoms with E-state index in [0.29, 0.717) is 5.75 Å². The average molecular weight is 264 g/mol. The van der Waals surface area contributed by atoms with Crippen LogP contribution in [0.25, 0.3) is 0 Å². The van der Waals surface area contributed by atoms with Crippen LogP contribution < -0.4 is 4.74 Å². The minimum absolute atomic E-state index is 0.0202. The number of aliphatic hydroxyl groups excluding tert-OH is 1. The highest BCUT2D eigenvalue weighted by Crippen LogP contribution is 2.23. The molecule has 0 radical (unpaired) electrons. The molecule has 2 unspecified atom stereocenters. The number of aliphatic carboxylic acids is 1. The topological polar surface area (TPSA) is 66.8 Å². The maximum Gasteiger partial charge on any atom is 0.307 e. The molecule has 1 fully saturated rings. The van der Waals surface area contributed by atoms with Crippen LogP contribution >= 0.6 is 0 Å². The number of carboxylic acid groups (broad SMARTS) is 1.